The molecule has 0 saturated carbocycles. The summed E-state index contributed by atoms with van der Waals surface area (Å²) in [5.41, 5.74) is 1.15. The zero-order valence-corrected chi connectivity index (χ0v) is 21.1. The summed E-state index contributed by atoms with van der Waals surface area (Å²) >= 11 is 1.65. The summed E-state index contributed by atoms with van der Waals surface area (Å²) in [4.78, 5) is 4.29. The van der Waals surface area contributed by atoms with E-state index in [1.54, 1.807) is 25.9 Å². The predicted molar refractivity (Wildman–Crippen MR) is 132 cm³/mol. The van der Waals surface area contributed by atoms with Gasteiger partial charge in [0.05, 0.1) is 7.11 Å². The molecule has 1 aromatic heterocycles. The monoisotopic (exact) mass is 532 g/mol. The first-order valence-electron chi connectivity index (χ1n) is 9.60. The second kappa shape index (κ2) is 13.7. The lowest BCUT2D eigenvalue weighted by atomic mass is 10.2. The van der Waals surface area contributed by atoms with E-state index in [1.807, 2.05) is 24.5 Å². The lowest BCUT2D eigenvalue weighted by Crippen LogP contribution is -2.37. The van der Waals surface area contributed by atoms with E-state index in [1.165, 1.54) is 0 Å². The average Bonchev–Trinajstić information content (AvgIpc) is 3.08. The van der Waals surface area contributed by atoms with Gasteiger partial charge in [0.2, 0.25) is 0 Å². The van der Waals surface area contributed by atoms with E-state index in [-0.39, 0.29) is 24.0 Å². The number of aromatic nitrogens is 3. The normalized spacial score (nSPS) is 11.3. The van der Waals surface area contributed by atoms with Crippen molar-refractivity contribution in [2.45, 2.75) is 44.9 Å². The minimum atomic E-state index is 0. The molecule has 1 heterocycles. The highest BCUT2D eigenvalue weighted by Crippen LogP contribution is 2.16. The average molecular weight is 532 g/mol. The first-order valence-corrected chi connectivity index (χ1v) is 10.8. The molecule has 0 fully saturated rings. The van der Waals surface area contributed by atoms with Crippen LogP contribution < -0.4 is 15.4 Å². The smallest absolute Gasteiger partial charge is 0.191 e. The van der Waals surface area contributed by atoms with E-state index in [2.05, 4.69) is 50.3 Å². The Balaban J connectivity index is 0.00000420. The third kappa shape index (κ3) is 8.41. The molecule has 0 spiro atoms. The predicted octanol–water partition coefficient (Wildman–Crippen LogP) is 3.58. The van der Waals surface area contributed by atoms with Crippen LogP contribution in [0, 0.1) is 5.92 Å². The molecule has 2 N–H and O–H groups in total. The number of thioether (sulfide) groups is 1. The molecule has 0 unspecified atom stereocenters. The summed E-state index contributed by atoms with van der Waals surface area (Å²) < 4.78 is 7.51. The van der Waals surface area contributed by atoms with Gasteiger partial charge < -0.3 is 19.9 Å². The zero-order chi connectivity index (χ0) is 20.4. The van der Waals surface area contributed by atoms with Gasteiger partial charge >= 0.3 is 0 Å². The number of rotatable bonds is 10. The summed E-state index contributed by atoms with van der Waals surface area (Å²) in [6.07, 6.45) is 3.90. The van der Waals surface area contributed by atoms with Crippen LogP contribution in [0.3, 0.4) is 0 Å². The molecule has 0 radical (unpaired) electrons. The minimum Gasteiger partial charge on any atom is -0.497 e. The maximum absolute atomic E-state index is 5.26. The van der Waals surface area contributed by atoms with Crippen molar-refractivity contribution in [3.63, 3.8) is 0 Å². The number of guanidine groups is 1. The summed E-state index contributed by atoms with van der Waals surface area (Å²) in [5.74, 6) is 3.27. The molecule has 1 aromatic carbocycles. The van der Waals surface area contributed by atoms with Gasteiger partial charge in [-0.25, -0.2) is 0 Å². The van der Waals surface area contributed by atoms with Crippen LogP contribution in [-0.4, -0.2) is 47.7 Å². The summed E-state index contributed by atoms with van der Waals surface area (Å²) in [6, 6.07) is 8.01. The van der Waals surface area contributed by atoms with E-state index < -0.39 is 0 Å². The number of benzene rings is 1. The fourth-order valence-electron chi connectivity index (χ4n) is 2.85. The van der Waals surface area contributed by atoms with Crippen LogP contribution in [0.4, 0.5) is 0 Å². The molecular formula is C20H33IN6OS. The van der Waals surface area contributed by atoms with Crippen LogP contribution in [0.15, 0.2) is 34.4 Å². The molecule has 7 nitrogen and oxygen atoms in total. The van der Waals surface area contributed by atoms with E-state index >= 15 is 0 Å². The Labute approximate surface area is 195 Å². The van der Waals surface area contributed by atoms with Gasteiger partial charge in [-0.05, 0) is 36.3 Å². The van der Waals surface area contributed by atoms with Gasteiger partial charge in [-0.2, -0.15) is 0 Å². The van der Waals surface area contributed by atoms with Crippen LogP contribution in [-0.2, 0) is 19.5 Å². The number of halogens is 1. The number of hydrogen-bond donors (Lipinski definition) is 2. The van der Waals surface area contributed by atoms with Crippen molar-refractivity contribution in [1.82, 2.24) is 25.4 Å². The number of nitrogens with one attached hydrogen (secondary N) is 2. The molecule has 29 heavy (non-hydrogen) atoms. The first-order chi connectivity index (χ1) is 13.6. The summed E-state index contributed by atoms with van der Waals surface area (Å²) in [5, 5.41) is 16.4. The highest BCUT2D eigenvalue weighted by Gasteiger charge is 2.12. The molecule has 0 atom stereocenters. The number of aryl methyl sites for hydroxylation is 1. The maximum Gasteiger partial charge on any atom is 0.191 e. The van der Waals surface area contributed by atoms with Crippen LogP contribution in [0.2, 0.25) is 0 Å². The molecule has 0 aliphatic rings. The van der Waals surface area contributed by atoms with E-state index in [9.17, 15) is 0 Å². The number of hydrogen-bond acceptors (Lipinski definition) is 5. The number of methoxy groups -OCH3 is 1. The SMILES string of the molecule is CN=C(NCCCc1nnc(SC)n1CC(C)C)NCc1cccc(OC)c1.I. The second-order valence-electron chi connectivity index (χ2n) is 6.92. The van der Waals surface area contributed by atoms with Gasteiger partial charge in [-0.1, -0.05) is 37.7 Å². The number of aliphatic imine (C=N–C) groups is 1. The molecule has 0 amide bonds. The van der Waals surface area contributed by atoms with Crippen molar-refractivity contribution in [1.29, 1.82) is 0 Å². The Morgan fingerprint density at radius 1 is 1.28 bits per heavy atom. The molecule has 0 bridgehead atoms. The Kier molecular flexibility index (Phi) is 12.1. The van der Waals surface area contributed by atoms with Gasteiger partial charge in [0.15, 0.2) is 11.1 Å². The van der Waals surface area contributed by atoms with Crippen LogP contribution in [0.5, 0.6) is 5.75 Å². The Hall–Kier alpha value is -1.49. The Morgan fingerprint density at radius 3 is 2.72 bits per heavy atom. The molecule has 9 heteroatoms. The van der Waals surface area contributed by atoms with Gasteiger partial charge in [-0.3, -0.25) is 4.99 Å². The van der Waals surface area contributed by atoms with Crippen molar-refractivity contribution >= 4 is 41.7 Å². The first kappa shape index (κ1) is 25.5. The maximum atomic E-state index is 5.26. The highest BCUT2D eigenvalue weighted by atomic mass is 127. The quantitative estimate of drug-likeness (QED) is 0.160. The largest absolute Gasteiger partial charge is 0.497 e. The van der Waals surface area contributed by atoms with Gasteiger partial charge in [0, 0.05) is 33.1 Å². The van der Waals surface area contributed by atoms with Gasteiger partial charge in [-0.15, -0.1) is 34.2 Å². The van der Waals surface area contributed by atoms with Crippen molar-refractivity contribution < 1.29 is 4.74 Å². The van der Waals surface area contributed by atoms with Crippen molar-refractivity contribution in [3.8, 4) is 5.75 Å². The lowest BCUT2D eigenvalue weighted by molar-refractivity contribution is 0.414. The fraction of sp³-hybridized carbons (Fsp3) is 0.550. The third-order valence-electron chi connectivity index (χ3n) is 4.21. The summed E-state index contributed by atoms with van der Waals surface area (Å²) in [6.45, 7) is 6.90. The standard InChI is InChI=1S/C20H32N6OS.HI/c1-15(2)14-26-18(24-25-20(26)28-5)10-7-11-22-19(21-3)23-13-16-8-6-9-17(12-16)27-4;/h6,8-9,12,15H,7,10-11,13-14H2,1-5H3,(H2,21,22,23);1H. The van der Waals surface area contributed by atoms with Crippen LogP contribution in [0.1, 0.15) is 31.7 Å². The zero-order valence-electron chi connectivity index (χ0n) is 17.9. The fourth-order valence-corrected chi connectivity index (χ4v) is 3.37. The molecule has 2 aromatic rings. The molecular weight excluding hydrogens is 499 g/mol. The van der Waals surface area contributed by atoms with Crippen molar-refractivity contribution in [3.05, 3.63) is 35.7 Å². The van der Waals surface area contributed by atoms with Crippen molar-refractivity contribution in [2.24, 2.45) is 10.9 Å². The Bertz CT molecular complexity index is 765. The lowest BCUT2D eigenvalue weighted by Gasteiger charge is -2.13. The third-order valence-corrected chi connectivity index (χ3v) is 4.88. The second-order valence-corrected chi connectivity index (χ2v) is 7.69. The molecule has 2 rings (SSSR count). The van der Waals surface area contributed by atoms with Crippen LogP contribution in [0.25, 0.3) is 0 Å². The molecule has 0 aliphatic carbocycles. The number of ether oxygens (including phenoxy) is 1. The number of nitrogens with zero attached hydrogens (tertiary/aromatic N) is 4. The van der Waals surface area contributed by atoms with Crippen LogP contribution >= 0.6 is 35.7 Å². The van der Waals surface area contributed by atoms with Gasteiger partial charge in [0.1, 0.15) is 11.6 Å². The minimum absolute atomic E-state index is 0. The van der Waals surface area contributed by atoms with Crippen molar-refractivity contribution in [2.75, 3.05) is 27.0 Å². The Morgan fingerprint density at radius 2 is 2.07 bits per heavy atom. The van der Waals surface area contributed by atoms with Gasteiger partial charge in [0.25, 0.3) is 0 Å². The highest BCUT2D eigenvalue weighted by molar-refractivity contribution is 14.0. The van der Waals surface area contributed by atoms with E-state index in [0.717, 1.165) is 54.2 Å². The molecule has 0 aliphatic heterocycles. The topological polar surface area (TPSA) is 76.4 Å². The van der Waals surface area contributed by atoms with E-state index in [0.29, 0.717) is 12.5 Å². The summed E-state index contributed by atoms with van der Waals surface area (Å²) in [7, 11) is 3.46. The molecule has 0 saturated heterocycles. The molecule has 162 valence electrons. The van der Waals surface area contributed by atoms with E-state index in [4.69, 9.17) is 4.74 Å².